The molecule has 2 aliphatic carbocycles. The highest BCUT2D eigenvalue weighted by Crippen LogP contribution is 2.65. The van der Waals surface area contributed by atoms with Crippen molar-refractivity contribution in [3.8, 4) is 5.75 Å². The highest BCUT2D eigenvalue weighted by molar-refractivity contribution is 6.31. The van der Waals surface area contributed by atoms with Gasteiger partial charge in [0.05, 0.1) is 34.5 Å². The average Bonchev–Trinajstić information content (AvgIpc) is 3.49. The summed E-state index contributed by atoms with van der Waals surface area (Å²) in [6.45, 7) is 1.93. The number of nitrogens with zero attached hydrogens (tertiary/aromatic N) is 2. The molecule has 3 fully saturated rings. The van der Waals surface area contributed by atoms with Crippen LogP contribution in [-0.2, 0) is 24.6 Å². The van der Waals surface area contributed by atoms with E-state index in [4.69, 9.17) is 11.6 Å². The zero-order chi connectivity index (χ0) is 34.2. The Kier molecular flexibility index (Phi) is 7.22. The molecule has 0 aromatic heterocycles. The van der Waals surface area contributed by atoms with Crippen molar-refractivity contribution in [3.05, 3.63) is 136 Å². The molecular weight excluding hydrogens is 645 g/mol. The van der Waals surface area contributed by atoms with Crippen LogP contribution in [0.3, 0.4) is 0 Å². The van der Waals surface area contributed by atoms with Crippen molar-refractivity contribution < 1.29 is 28.7 Å². The van der Waals surface area contributed by atoms with Crippen molar-refractivity contribution >= 4 is 46.6 Å². The number of aromatic hydroxyl groups is 1. The van der Waals surface area contributed by atoms with Gasteiger partial charge in [-0.3, -0.25) is 29.5 Å². The Morgan fingerprint density at radius 3 is 2.27 bits per heavy atom. The molecule has 4 aromatic carbocycles. The van der Waals surface area contributed by atoms with Gasteiger partial charge in [0.2, 0.25) is 11.8 Å². The molecule has 8 nitrogen and oxygen atoms in total. The summed E-state index contributed by atoms with van der Waals surface area (Å²) in [6.07, 6.45) is 2.14. The van der Waals surface area contributed by atoms with Crippen molar-refractivity contribution in [2.75, 3.05) is 10.3 Å². The number of phenolic OH excluding ortho intramolecular Hbond substituents is 1. The third-order valence-corrected chi connectivity index (χ3v) is 11.1. The van der Waals surface area contributed by atoms with Gasteiger partial charge in [-0.25, -0.2) is 4.39 Å². The summed E-state index contributed by atoms with van der Waals surface area (Å²) in [6, 6.07) is 26.8. The van der Waals surface area contributed by atoms with Crippen LogP contribution < -0.4 is 10.3 Å². The fraction of sp³-hybridized carbons (Fsp3) is 0.231. The fourth-order valence-electron chi connectivity index (χ4n) is 8.70. The number of allylic oxidation sites excluding steroid dienone is 2. The molecule has 2 aliphatic heterocycles. The van der Waals surface area contributed by atoms with Gasteiger partial charge in [0, 0.05) is 16.5 Å². The van der Waals surface area contributed by atoms with E-state index in [9.17, 15) is 19.5 Å². The molecular formula is C39H31ClFN3O5. The maximum Gasteiger partial charge on any atom is 0.260 e. The summed E-state index contributed by atoms with van der Waals surface area (Å²) in [7, 11) is 0. The highest BCUT2D eigenvalue weighted by Gasteiger charge is 2.70. The van der Waals surface area contributed by atoms with Crippen LogP contribution in [0.2, 0.25) is 5.02 Å². The van der Waals surface area contributed by atoms with Crippen molar-refractivity contribution in [3.63, 3.8) is 0 Å². The minimum atomic E-state index is -1.61. The molecule has 10 heteroatoms. The quantitative estimate of drug-likeness (QED) is 0.181. The van der Waals surface area contributed by atoms with E-state index in [2.05, 4.69) is 5.43 Å². The molecule has 4 aromatic rings. The number of hydrogen-bond donors (Lipinski definition) is 2. The second-order valence-corrected chi connectivity index (χ2v) is 13.7. The standard InChI is InChI=1S/C39H31ClFN3O5/c1-21-10-14-24(15-11-21)42-44-36(47)30-20-29-26(18-19-27-32(29)37(48)43(35(27)46)25-16-12-23(40)13-17-25)33(28-8-5-9-31(41)34(28)45)39(30,38(44)49)22-6-3-2-4-7-22/h2-18,27,29-30,32-33,42,45H,19-20H2,1H3/t27-,29+,30-,32-,33+,39+/m0/s1. The number of imide groups is 2. The third-order valence-electron chi connectivity index (χ3n) is 10.8. The zero-order valence-corrected chi connectivity index (χ0v) is 27.1. The second-order valence-electron chi connectivity index (χ2n) is 13.3. The van der Waals surface area contributed by atoms with Gasteiger partial charge >= 0.3 is 0 Å². The molecule has 2 saturated heterocycles. The molecule has 2 heterocycles. The van der Waals surface area contributed by atoms with Crippen LogP contribution in [0.25, 0.3) is 0 Å². The summed E-state index contributed by atoms with van der Waals surface area (Å²) in [5, 5.41) is 12.8. The molecule has 49 heavy (non-hydrogen) atoms. The van der Waals surface area contributed by atoms with E-state index in [0.29, 0.717) is 27.5 Å². The second kappa shape index (κ2) is 11.4. The van der Waals surface area contributed by atoms with Crippen LogP contribution in [0.5, 0.6) is 5.75 Å². The number of halogens is 2. The summed E-state index contributed by atoms with van der Waals surface area (Å²) in [5.74, 6) is -7.59. The Morgan fingerprint density at radius 1 is 0.837 bits per heavy atom. The fourth-order valence-corrected chi connectivity index (χ4v) is 8.83. The van der Waals surface area contributed by atoms with Crippen LogP contribution >= 0.6 is 11.6 Å². The first-order valence-electron chi connectivity index (χ1n) is 16.2. The van der Waals surface area contributed by atoms with Crippen LogP contribution in [-0.4, -0.2) is 33.7 Å². The predicted octanol–water partition coefficient (Wildman–Crippen LogP) is 6.68. The normalized spacial score (nSPS) is 27.5. The Morgan fingerprint density at radius 2 is 1.55 bits per heavy atom. The number of hydrazine groups is 1. The molecule has 4 aliphatic rings. The topological polar surface area (TPSA) is 107 Å². The lowest BCUT2D eigenvalue weighted by Crippen LogP contribution is -2.53. The smallest absolute Gasteiger partial charge is 0.260 e. The number of fused-ring (bicyclic) bond motifs is 4. The molecule has 6 atom stereocenters. The van der Waals surface area contributed by atoms with E-state index in [1.54, 1.807) is 72.8 Å². The van der Waals surface area contributed by atoms with E-state index < -0.39 is 64.3 Å². The number of phenols is 1. The summed E-state index contributed by atoms with van der Waals surface area (Å²) in [4.78, 5) is 59.2. The van der Waals surface area contributed by atoms with Gasteiger partial charge in [0.15, 0.2) is 11.6 Å². The number of nitrogens with one attached hydrogen (secondary N) is 1. The van der Waals surface area contributed by atoms with Gasteiger partial charge < -0.3 is 5.11 Å². The number of aryl methyl sites for hydroxylation is 1. The van der Waals surface area contributed by atoms with Gasteiger partial charge in [0.25, 0.3) is 11.8 Å². The first-order valence-corrected chi connectivity index (χ1v) is 16.6. The maximum absolute atomic E-state index is 15.2. The van der Waals surface area contributed by atoms with Crippen molar-refractivity contribution in [1.82, 2.24) is 5.01 Å². The predicted molar refractivity (Wildman–Crippen MR) is 181 cm³/mol. The first-order chi connectivity index (χ1) is 23.6. The number of benzene rings is 4. The lowest BCUT2D eigenvalue weighted by atomic mass is 9.49. The Hall–Kier alpha value is -5.28. The van der Waals surface area contributed by atoms with E-state index in [-0.39, 0.29) is 24.3 Å². The van der Waals surface area contributed by atoms with Crippen molar-refractivity contribution in [1.29, 1.82) is 0 Å². The monoisotopic (exact) mass is 675 g/mol. The molecule has 246 valence electrons. The maximum atomic E-state index is 15.2. The third kappa shape index (κ3) is 4.48. The van der Waals surface area contributed by atoms with E-state index in [1.807, 2.05) is 25.1 Å². The van der Waals surface area contributed by atoms with Gasteiger partial charge in [-0.15, -0.1) is 0 Å². The molecule has 0 radical (unpaired) electrons. The zero-order valence-electron chi connectivity index (χ0n) is 26.3. The van der Waals surface area contributed by atoms with Crippen molar-refractivity contribution in [2.45, 2.75) is 31.1 Å². The van der Waals surface area contributed by atoms with Crippen LogP contribution in [0.15, 0.2) is 109 Å². The minimum Gasteiger partial charge on any atom is -0.505 e. The van der Waals surface area contributed by atoms with Crippen molar-refractivity contribution in [2.24, 2.45) is 23.7 Å². The molecule has 1 saturated carbocycles. The number of carbonyl (C=O) groups excluding carboxylic acids is 4. The molecule has 8 rings (SSSR count). The molecule has 0 unspecified atom stereocenters. The molecule has 2 N–H and O–H groups in total. The Balaban J connectivity index is 1.33. The summed E-state index contributed by atoms with van der Waals surface area (Å²) in [5.41, 5.74) is 4.61. The minimum absolute atomic E-state index is 0.0819. The number of carbonyl (C=O) groups is 4. The average molecular weight is 676 g/mol. The number of para-hydroxylation sites is 1. The number of amides is 4. The van der Waals surface area contributed by atoms with Gasteiger partial charge in [-0.1, -0.05) is 83.4 Å². The molecule has 4 amide bonds. The first kappa shape index (κ1) is 31.0. The van der Waals surface area contributed by atoms with E-state index in [1.165, 1.54) is 11.0 Å². The van der Waals surface area contributed by atoms with Crippen LogP contribution in [0.1, 0.15) is 35.4 Å². The van der Waals surface area contributed by atoms with E-state index in [0.717, 1.165) is 16.6 Å². The largest absolute Gasteiger partial charge is 0.505 e. The van der Waals surface area contributed by atoms with Gasteiger partial charge in [0.1, 0.15) is 0 Å². The lowest BCUT2D eigenvalue weighted by Gasteiger charge is -2.50. The summed E-state index contributed by atoms with van der Waals surface area (Å²) < 4.78 is 15.2. The van der Waals surface area contributed by atoms with Crippen LogP contribution in [0, 0.1) is 36.4 Å². The number of anilines is 2. The van der Waals surface area contributed by atoms with Crippen LogP contribution in [0.4, 0.5) is 15.8 Å². The lowest BCUT2D eigenvalue weighted by molar-refractivity contribution is -0.138. The highest BCUT2D eigenvalue weighted by atomic mass is 35.5. The Bertz CT molecular complexity index is 2070. The number of rotatable bonds is 5. The SMILES string of the molecule is Cc1ccc(NN2C(=O)[C@@H]3C[C@@H]4C(=CC[C@@H]5C(=O)N(c6ccc(Cl)cc6)C(=O)[C@@H]54)[C@H](c4cccc(F)c4O)[C@]3(c3ccccc3)C2=O)cc1. The molecule has 0 bridgehead atoms. The van der Waals surface area contributed by atoms with Gasteiger partial charge in [-0.2, -0.15) is 5.01 Å². The van der Waals surface area contributed by atoms with E-state index >= 15 is 9.18 Å². The number of hydrogen-bond acceptors (Lipinski definition) is 6. The summed E-state index contributed by atoms with van der Waals surface area (Å²) >= 11 is 6.10. The molecule has 0 spiro atoms. The Labute approximate surface area is 286 Å². The van der Waals surface area contributed by atoms with Gasteiger partial charge in [-0.05, 0) is 73.7 Å².